The highest BCUT2D eigenvalue weighted by molar-refractivity contribution is 7.13. The fraction of sp³-hybridized carbons (Fsp3) is 0.231. The molecule has 0 saturated carbocycles. The number of aromatic nitrogens is 2. The maximum atomic E-state index is 10.8. The summed E-state index contributed by atoms with van der Waals surface area (Å²) in [5, 5.41) is 5.09. The Balaban J connectivity index is 0.00000242. The third-order valence-electron chi connectivity index (χ3n) is 2.54. The van der Waals surface area contributed by atoms with Crippen LogP contribution in [0.25, 0.3) is 11.4 Å². The molecule has 10 heteroatoms. The first-order valence-electron chi connectivity index (χ1n) is 6.30. The molecule has 2 aromatic heterocycles. The normalized spacial score (nSPS) is 9.26. The highest BCUT2D eigenvalue weighted by Crippen LogP contribution is 2.25. The minimum absolute atomic E-state index is 0. The van der Waals surface area contributed by atoms with Crippen LogP contribution >= 0.6 is 36.2 Å². The molecule has 0 saturated heterocycles. The van der Waals surface area contributed by atoms with Crippen LogP contribution < -0.4 is 16.8 Å². The highest BCUT2D eigenvalue weighted by Gasteiger charge is 2.06. The maximum Gasteiger partial charge on any atom is 0.216 e. The molecule has 7 nitrogen and oxygen atoms in total. The number of aliphatic imine (C=N–C) groups is 1. The van der Waals surface area contributed by atoms with E-state index in [-0.39, 0.29) is 36.7 Å². The van der Waals surface area contributed by atoms with Crippen LogP contribution in [-0.4, -0.2) is 28.4 Å². The summed E-state index contributed by atoms with van der Waals surface area (Å²) >= 11 is 1.34. The third-order valence-corrected chi connectivity index (χ3v) is 3.28. The van der Waals surface area contributed by atoms with Crippen LogP contribution in [0.2, 0.25) is 0 Å². The van der Waals surface area contributed by atoms with Gasteiger partial charge in [-0.2, -0.15) is 4.99 Å². The molecular weight excluding hydrogens is 359 g/mol. The second-order valence-corrected chi connectivity index (χ2v) is 5.14. The molecule has 0 spiro atoms. The fourth-order valence-electron chi connectivity index (χ4n) is 1.67. The molecule has 23 heavy (non-hydrogen) atoms. The van der Waals surface area contributed by atoms with E-state index in [2.05, 4.69) is 20.3 Å². The number of hydrogen-bond acceptors (Lipinski definition) is 5. The van der Waals surface area contributed by atoms with Gasteiger partial charge in [-0.15, -0.1) is 36.2 Å². The first-order valence-corrected chi connectivity index (χ1v) is 7.18. The minimum Gasteiger partial charge on any atom is -0.370 e. The minimum atomic E-state index is -0.0486. The van der Waals surface area contributed by atoms with Gasteiger partial charge in [-0.05, 0) is 12.1 Å². The number of nitrogens with zero attached hydrogens (tertiary/aromatic N) is 3. The molecule has 2 heterocycles. The van der Waals surface area contributed by atoms with Gasteiger partial charge < -0.3 is 16.8 Å². The van der Waals surface area contributed by atoms with E-state index in [9.17, 15) is 4.79 Å². The van der Waals surface area contributed by atoms with Gasteiger partial charge in [-0.1, -0.05) is 6.07 Å². The van der Waals surface area contributed by atoms with Crippen molar-refractivity contribution in [2.75, 3.05) is 6.54 Å². The van der Waals surface area contributed by atoms with Gasteiger partial charge in [0.2, 0.25) is 11.0 Å². The molecule has 0 radical (unpaired) electrons. The zero-order valence-electron chi connectivity index (χ0n) is 12.4. The van der Waals surface area contributed by atoms with Crippen molar-refractivity contribution in [3.63, 3.8) is 0 Å². The topological polar surface area (TPSA) is 119 Å². The average Bonchev–Trinajstić information content (AvgIpc) is 2.86. The molecule has 0 aliphatic heterocycles. The second kappa shape index (κ2) is 9.98. The van der Waals surface area contributed by atoms with Crippen molar-refractivity contribution in [2.45, 2.75) is 13.3 Å². The second-order valence-electron chi connectivity index (χ2n) is 4.30. The van der Waals surface area contributed by atoms with Crippen LogP contribution in [0.1, 0.15) is 12.6 Å². The Hall–Kier alpha value is -1.90. The van der Waals surface area contributed by atoms with Crippen molar-refractivity contribution in [3.8, 4) is 11.4 Å². The van der Waals surface area contributed by atoms with Crippen molar-refractivity contribution in [1.82, 2.24) is 15.3 Å². The quantitative estimate of drug-likeness (QED) is 0.541. The van der Waals surface area contributed by atoms with Crippen LogP contribution in [0, 0.1) is 0 Å². The molecule has 0 aliphatic rings. The van der Waals surface area contributed by atoms with Gasteiger partial charge in [0, 0.05) is 31.0 Å². The number of nitrogens with one attached hydrogen (secondary N) is 1. The molecule has 0 aromatic carbocycles. The summed E-state index contributed by atoms with van der Waals surface area (Å²) in [6.45, 7) is 2.05. The fourth-order valence-corrected chi connectivity index (χ4v) is 2.37. The molecule has 2 aromatic rings. The van der Waals surface area contributed by atoms with E-state index in [0.29, 0.717) is 18.1 Å². The van der Waals surface area contributed by atoms with Crippen LogP contribution in [0.15, 0.2) is 28.6 Å². The van der Waals surface area contributed by atoms with E-state index in [0.717, 1.165) is 17.1 Å². The van der Waals surface area contributed by atoms with Crippen molar-refractivity contribution in [1.29, 1.82) is 0 Å². The number of thiazole rings is 1. The smallest absolute Gasteiger partial charge is 0.216 e. The third kappa shape index (κ3) is 6.81. The number of amides is 1. The lowest BCUT2D eigenvalue weighted by molar-refractivity contribution is -0.118. The summed E-state index contributed by atoms with van der Waals surface area (Å²) < 4.78 is 0. The van der Waals surface area contributed by atoms with Crippen LogP contribution in [0.3, 0.4) is 0 Å². The SMILES string of the molecule is CC(=O)NCCc1cccc(-c2csc(N=C(N)N)n2)n1.Cl.Cl. The van der Waals surface area contributed by atoms with Crippen molar-refractivity contribution in [3.05, 3.63) is 29.3 Å². The molecule has 1 amide bonds. The molecule has 0 fully saturated rings. The number of carbonyl (C=O) groups is 1. The summed E-state index contributed by atoms with van der Waals surface area (Å²) in [6.07, 6.45) is 0.665. The van der Waals surface area contributed by atoms with Crippen molar-refractivity contribution in [2.24, 2.45) is 16.5 Å². The monoisotopic (exact) mass is 376 g/mol. The summed E-state index contributed by atoms with van der Waals surface area (Å²) in [5.41, 5.74) is 13.0. The first kappa shape index (κ1) is 21.1. The van der Waals surface area contributed by atoms with E-state index in [1.807, 2.05) is 23.6 Å². The van der Waals surface area contributed by atoms with Gasteiger partial charge in [-0.25, -0.2) is 4.98 Å². The molecule has 5 N–H and O–H groups in total. The number of carbonyl (C=O) groups excluding carboxylic acids is 1. The van der Waals surface area contributed by atoms with E-state index >= 15 is 0 Å². The van der Waals surface area contributed by atoms with Gasteiger partial charge in [0.05, 0.1) is 5.69 Å². The Bertz CT molecular complexity index is 672. The lowest BCUT2D eigenvalue weighted by Gasteiger charge is -2.03. The zero-order chi connectivity index (χ0) is 15.2. The summed E-state index contributed by atoms with van der Waals surface area (Å²) in [7, 11) is 0. The number of pyridine rings is 1. The molecule has 0 atom stereocenters. The van der Waals surface area contributed by atoms with Gasteiger partial charge in [0.15, 0.2) is 5.96 Å². The molecule has 2 rings (SSSR count). The number of halogens is 2. The largest absolute Gasteiger partial charge is 0.370 e. The summed E-state index contributed by atoms with van der Waals surface area (Å²) in [4.78, 5) is 23.6. The zero-order valence-corrected chi connectivity index (χ0v) is 14.8. The summed E-state index contributed by atoms with van der Waals surface area (Å²) in [6, 6.07) is 5.69. The molecular formula is C13H18Cl2N6OS. The Morgan fingerprint density at radius 1 is 1.26 bits per heavy atom. The Labute approximate surface area is 150 Å². The number of nitrogens with two attached hydrogens (primary N) is 2. The summed E-state index contributed by atoms with van der Waals surface area (Å²) in [5.74, 6) is -0.0690. The first-order chi connectivity index (χ1) is 10.0. The van der Waals surface area contributed by atoms with Gasteiger partial charge >= 0.3 is 0 Å². The van der Waals surface area contributed by atoms with Gasteiger partial charge in [0.25, 0.3) is 0 Å². The number of hydrogen-bond donors (Lipinski definition) is 3. The van der Waals surface area contributed by atoms with E-state index in [1.54, 1.807) is 0 Å². The standard InChI is InChI=1S/C13H16N6OS.2ClH/c1-8(20)16-6-5-9-3-2-4-10(17-9)11-7-21-13(18-11)19-12(14)15;;/h2-4,7H,5-6H2,1H3,(H,16,20)(H4,14,15,18,19);2*1H. The Morgan fingerprint density at radius 3 is 2.65 bits per heavy atom. The van der Waals surface area contributed by atoms with Gasteiger partial charge in [0.1, 0.15) is 5.69 Å². The van der Waals surface area contributed by atoms with E-state index in [1.165, 1.54) is 18.3 Å². The van der Waals surface area contributed by atoms with Crippen molar-refractivity contribution < 1.29 is 4.79 Å². The van der Waals surface area contributed by atoms with E-state index in [4.69, 9.17) is 11.5 Å². The predicted octanol–water partition coefficient (Wildman–Crippen LogP) is 1.63. The average molecular weight is 377 g/mol. The number of rotatable bonds is 5. The molecule has 0 unspecified atom stereocenters. The van der Waals surface area contributed by atoms with Crippen LogP contribution in [-0.2, 0) is 11.2 Å². The predicted molar refractivity (Wildman–Crippen MR) is 97.7 cm³/mol. The maximum absolute atomic E-state index is 10.8. The lowest BCUT2D eigenvalue weighted by atomic mass is 10.2. The van der Waals surface area contributed by atoms with Crippen LogP contribution in [0.5, 0.6) is 0 Å². The molecule has 126 valence electrons. The Kier molecular flexibility index (Phi) is 9.16. The number of guanidine groups is 1. The van der Waals surface area contributed by atoms with Gasteiger partial charge in [-0.3, -0.25) is 9.78 Å². The Morgan fingerprint density at radius 2 is 2.00 bits per heavy atom. The highest BCUT2D eigenvalue weighted by atomic mass is 35.5. The van der Waals surface area contributed by atoms with Crippen molar-refractivity contribution >= 4 is 53.1 Å². The lowest BCUT2D eigenvalue weighted by Crippen LogP contribution is -2.22. The molecule has 0 bridgehead atoms. The molecule has 0 aliphatic carbocycles. The van der Waals surface area contributed by atoms with Crippen LogP contribution in [0.4, 0.5) is 5.13 Å². The van der Waals surface area contributed by atoms with E-state index < -0.39 is 0 Å².